The average Bonchev–Trinajstić information content (AvgIpc) is 2.29. The van der Waals surface area contributed by atoms with Crippen LogP contribution in [0.2, 0.25) is 0 Å². The SMILES string of the molecule is Oc1ccc([Se]c2ccc(O)c(O)c2)cc1O. The molecule has 0 fully saturated rings. The summed E-state index contributed by atoms with van der Waals surface area (Å²) >= 11 is -0.115. The third kappa shape index (κ3) is 2.64. The Morgan fingerprint density at radius 2 is 1.00 bits per heavy atom. The van der Waals surface area contributed by atoms with Crippen LogP contribution in [0.15, 0.2) is 36.4 Å². The van der Waals surface area contributed by atoms with E-state index >= 15 is 0 Å². The molecule has 0 saturated heterocycles. The molecule has 0 atom stereocenters. The molecular weight excluding hydrogens is 287 g/mol. The summed E-state index contributed by atoms with van der Waals surface area (Å²) in [4.78, 5) is 0. The van der Waals surface area contributed by atoms with Crippen LogP contribution in [0.4, 0.5) is 0 Å². The first-order valence-electron chi connectivity index (χ1n) is 4.78. The summed E-state index contributed by atoms with van der Waals surface area (Å²) in [7, 11) is 0. The molecular formula is C12H10O4Se. The second kappa shape index (κ2) is 4.57. The Labute approximate surface area is 104 Å². The number of phenols is 4. The zero-order valence-corrected chi connectivity index (χ0v) is 10.4. The van der Waals surface area contributed by atoms with Crippen LogP contribution in [0.3, 0.4) is 0 Å². The molecule has 0 amide bonds. The molecule has 2 aromatic rings. The average molecular weight is 297 g/mol. The van der Waals surface area contributed by atoms with E-state index in [2.05, 4.69) is 0 Å². The van der Waals surface area contributed by atoms with Crippen molar-refractivity contribution < 1.29 is 20.4 Å². The molecule has 0 aliphatic heterocycles. The van der Waals surface area contributed by atoms with Crippen LogP contribution >= 0.6 is 0 Å². The number of benzene rings is 2. The van der Waals surface area contributed by atoms with Crippen LogP contribution in [-0.4, -0.2) is 35.4 Å². The Morgan fingerprint density at radius 3 is 1.35 bits per heavy atom. The molecule has 2 rings (SSSR count). The maximum absolute atomic E-state index is 9.35. The number of hydrogen-bond acceptors (Lipinski definition) is 4. The van der Waals surface area contributed by atoms with Gasteiger partial charge in [0, 0.05) is 0 Å². The monoisotopic (exact) mass is 298 g/mol. The van der Waals surface area contributed by atoms with Crippen LogP contribution in [0.1, 0.15) is 0 Å². The minimum atomic E-state index is -0.160. The molecule has 0 radical (unpaired) electrons. The Kier molecular flexibility index (Phi) is 3.13. The first-order valence-corrected chi connectivity index (χ1v) is 6.49. The van der Waals surface area contributed by atoms with Crippen LogP contribution in [-0.2, 0) is 0 Å². The van der Waals surface area contributed by atoms with Gasteiger partial charge in [-0.1, -0.05) is 0 Å². The summed E-state index contributed by atoms with van der Waals surface area (Å²) in [6.07, 6.45) is 0. The molecule has 5 heteroatoms. The van der Waals surface area contributed by atoms with Gasteiger partial charge in [-0.2, -0.15) is 0 Å². The van der Waals surface area contributed by atoms with Gasteiger partial charge in [0.15, 0.2) is 0 Å². The summed E-state index contributed by atoms with van der Waals surface area (Å²) in [5.74, 6) is -0.629. The molecule has 4 nitrogen and oxygen atoms in total. The van der Waals surface area contributed by atoms with E-state index in [9.17, 15) is 20.4 Å². The summed E-state index contributed by atoms with van der Waals surface area (Å²) in [6, 6.07) is 9.23. The first-order chi connectivity index (χ1) is 8.06. The molecule has 0 heterocycles. The van der Waals surface area contributed by atoms with Gasteiger partial charge in [-0.25, -0.2) is 0 Å². The van der Waals surface area contributed by atoms with Crippen molar-refractivity contribution in [3.63, 3.8) is 0 Å². The van der Waals surface area contributed by atoms with Gasteiger partial charge >= 0.3 is 104 Å². The van der Waals surface area contributed by atoms with Crippen molar-refractivity contribution >= 4 is 23.9 Å². The second-order valence-electron chi connectivity index (χ2n) is 3.40. The molecule has 0 unspecified atom stereocenters. The number of hydrogen-bond donors (Lipinski definition) is 4. The van der Waals surface area contributed by atoms with Crippen molar-refractivity contribution in [1.82, 2.24) is 0 Å². The van der Waals surface area contributed by atoms with Crippen molar-refractivity contribution in [3.05, 3.63) is 36.4 Å². The van der Waals surface area contributed by atoms with E-state index in [-0.39, 0.29) is 38.0 Å². The molecule has 0 aromatic heterocycles. The van der Waals surface area contributed by atoms with E-state index in [1.165, 1.54) is 24.3 Å². The van der Waals surface area contributed by atoms with Crippen molar-refractivity contribution in [2.75, 3.05) is 0 Å². The molecule has 0 spiro atoms. The van der Waals surface area contributed by atoms with Gasteiger partial charge in [-0.05, 0) is 0 Å². The van der Waals surface area contributed by atoms with Gasteiger partial charge in [0.25, 0.3) is 0 Å². The topological polar surface area (TPSA) is 80.9 Å². The second-order valence-corrected chi connectivity index (χ2v) is 5.81. The Morgan fingerprint density at radius 1 is 0.588 bits per heavy atom. The van der Waals surface area contributed by atoms with E-state index in [1.54, 1.807) is 12.1 Å². The van der Waals surface area contributed by atoms with Crippen LogP contribution in [0.25, 0.3) is 0 Å². The number of phenolic OH excluding ortho intramolecular Hbond substituents is 4. The normalized spacial score (nSPS) is 10.4. The predicted molar refractivity (Wildman–Crippen MR) is 64.6 cm³/mol. The fourth-order valence-corrected chi connectivity index (χ4v) is 3.13. The summed E-state index contributed by atoms with van der Waals surface area (Å²) < 4.78 is 1.72. The predicted octanol–water partition coefficient (Wildman–Crippen LogP) is 0.164. The van der Waals surface area contributed by atoms with E-state index < -0.39 is 0 Å². The van der Waals surface area contributed by atoms with Crippen LogP contribution < -0.4 is 8.92 Å². The number of aromatic hydroxyl groups is 4. The van der Waals surface area contributed by atoms with Crippen molar-refractivity contribution in [2.24, 2.45) is 0 Å². The third-order valence-electron chi connectivity index (χ3n) is 2.13. The standard InChI is InChI=1S/C12H10O4Se/c13-9-3-1-7(5-11(9)15)17-8-2-4-10(14)12(16)6-8/h1-6,13-16H. The Bertz CT molecular complexity index is 505. The van der Waals surface area contributed by atoms with Gasteiger partial charge in [0.1, 0.15) is 0 Å². The molecule has 0 aliphatic carbocycles. The number of rotatable bonds is 2. The van der Waals surface area contributed by atoms with Gasteiger partial charge in [0.05, 0.1) is 0 Å². The molecule has 2 aromatic carbocycles. The summed E-state index contributed by atoms with van der Waals surface area (Å²) in [5.41, 5.74) is 0. The van der Waals surface area contributed by atoms with E-state index in [0.29, 0.717) is 0 Å². The quantitative estimate of drug-likeness (QED) is 0.470. The van der Waals surface area contributed by atoms with Crippen molar-refractivity contribution in [2.45, 2.75) is 0 Å². The van der Waals surface area contributed by atoms with Gasteiger partial charge in [-0.3, -0.25) is 0 Å². The van der Waals surface area contributed by atoms with Crippen molar-refractivity contribution in [1.29, 1.82) is 0 Å². The van der Waals surface area contributed by atoms with E-state index in [0.717, 1.165) is 8.92 Å². The van der Waals surface area contributed by atoms with E-state index in [4.69, 9.17) is 0 Å². The molecule has 17 heavy (non-hydrogen) atoms. The molecule has 0 bridgehead atoms. The molecule has 88 valence electrons. The molecule has 4 N–H and O–H groups in total. The minimum absolute atomic E-state index is 0.115. The van der Waals surface area contributed by atoms with Gasteiger partial charge in [-0.15, -0.1) is 0 Å². The van der Waals surface area contributed by atoms with E-state index in [1.807, 2.05) is 0 Å². The first kappa shape index (κ1) is 11.6. The molecule has 0 aliphatic rings. The maximum atomic E-state index is 9.35. The van der Waals surface area contributed by atoms with Crippen LogP contribution in [0, 0.1) is 0 Å². The Hall–Kier alpha value is -1.84. The fraction of sp³-hybridized carbons (Fsp3) is 0. The van der Waals surface area contributed by atoms with Gasteiger partial charge in [0.2, 0.25) is 0 Å². The Balaban J connectivity index is 2.25. The van der Waals surface area contributed by atoms with Gasteiger partial charge < -0.3 is 0 Å². The zero-order valence-electron chi connectivity index (χ0n) is 8.66. The summed E-state index contributed by atoms with van der Waals surface area (Å²) in [6.45, 7) is 0. The van der Waals surface area contributed by atoms with Crippen LogP contribution in [0.5, 0.6) is 23.0 Å². The third-order valence-corrected chi connectivity index (χ3v) is 4.18. The van der Waals surface area contributed by atoms with Crippen molar-refractivity contribution in [3.8, 4) is 23.0 Å². The fourth-order valence-electron chi connectivity index (χ4n) is 1.27. The zero-order chi connectivity index (χ0) is 12.4. The molecule has 0 saturated carbocycles. The summed E-state index contributed by atoms with van der Waals surface area (Å²) in [5, 5.41) is 37.0.